The Hall–Kier alpha value is -3.93. The van der Waals surface area contributed by atoms with Crippen molar-refractivity contribution in [3.63, 3.8) is 0 Å². The highest BCUT2D eigenvalue weighted by Gasteiger charge is 2.19. The highest BCUT2D eigenvalue weighted by atomic mass is 16.6. The first-order valence-electron chi connectivity index (χ1n) is 26.0. The molecule has 0 aromatic carbocycles. The van der Waals surface area contributed by atoms with E-state index < -0.39 is 6.10 Å². The standard InChI is InChI=1S/C58H94O6/c1-4-7-10-13-16-19-22-25-27-28-29-31-33-36-39-42-45-48-51-57(60)63-54-55(53-62-56(59)50-47-44-41-38-35-32-24-21-18-15-12-9-6-3)64-58(61)52-49-46-43-40-37-34-30-26-23-20-17-14-11-8-5-2/h8-9,11-12,14-15,17-18,20-21,23-24,26,30,32,34-35,37,55H,4-7,10,13,16,19,22,25,27-29,31,33,36,38-54H2,1-3H3/b11-8+,12-9+,17-14+,18-15+,23-20+,24-21+,30-26+,35-32+,37-34+. The third kappa shape index (κ3) is 49.1. The quantitative estimate of drug-likeness (QED) is 0.0262. The first-order chi connectivity index (χ1) is 31.5. The van der Waals surface area contributed by atoms with Crippen molar-refractivity contribution >= 4 is 17.9 Å². The van der Waals surface area contributed by atoms with Crippen molar-refractivity contribution in [2.45, 2.75) is 226 Å². The molecule has 0 aliphatic carbocycles. The predicted octanol–water partition coefficient (Wildman–Crippen LogP) is 17.1. The van der Waals surface area contributed by atoms with Gasteiger partial charge in [0.2, 0.25) is 0 Å². The van der Waals surface area contributed by atoms with E-state index in [0.29, 0.717) is 19.3 Å². The fourth-order valence-corrected chi connectivity index (χ4v) is 6.89. The normalized spacial score (nSPS) is 13.0. The van der Waals surface area contributed by atoms with E-state index in [0.717, 1.165) is 77.0 Å². The minimum atomic E-state index is -0.816. The van der Waals surface area contributed by atoms with Gasteiger partial charge in [-0.05, 0) is 57.8 Å². The number of carbonyl (C=O) groups excluding carboxylic acids is 3. The Morgan fingerprint density at radius 1 is 0.328 bits per heavy atom. The number of unbranched alkanes of at least 4 members (excludes halogenated alkanes) is 23. The average molecular weight is 887 g/mol. The lowest BCUT2D eigenvalue weighted by atomic mass is 10.0. The van der Waals surface area contributed by atoms with Gasteiger partial charge >= 0.3 is 17.9 Å². The van der Waals surface area contributed by atoms with Crippen LogP contribution in [0.25, 0.3) is 0 Å². The summed E-state index contributed by atoms with van der Waals surface area (Å²) in [6, 6.07) is 0. The Bertz CT molecular complexity index is 1340. The zero-order chi connectivity index (χ0) is 46.5. The summed E-state index contributed by atoms with van der Waals surface area (Å²) >= 11 is 0. The second-order valence-electron chi connectivity index (χ2n) is 16.9. The van der Waals surface area contributed by atoms with E-state index in [-0.39, 0.29) is 37.5 Å². The number of ether oxygens (including phenoxy) is 3. The van der Waals surface area contributed by atoms with E-state index in [2.05, 4.69) is 45.1 Å². The molecule has 0 saturated carbocycles. The summed E-state index contributed by atoms with van der Waals surface area (Å²) in [5, 5.41) is 0. The summed E-state index contributed by atoms with van der Waals surface area (Å²) in [4.78, 5) is 38.0. The van der Waals surface area contributed by atoms with Gasteiger partial charge in [-0.1, -0.05) is 252 Å². The molecular formula is C58H94O6. The molecule has 362 valence electrons. The molecule has 0 heterocycles. The smallest absolute Gasteiger partial charge is 0.306 e. The van der Waals surface area contributed by atoms with Gasteiger partial charge in [0.15, 0.2) is 6.10 Å². The fraction of sp³-hybridized carbons (Fsp3) is 0.638. The van der Waals surface area contributed by atoms with Crippen molar-refractivity contribution in [3.8, 4) is 0 Å². The molecule has 0 fully saturated rings. The molecule has 0 saturated heterocycles. The van der Waals surface area contributed by atoms with Crippen molar-refractivity contribution in [2.24, 2.45) is 0 Å². The van der Waals surface area contributed by atoms with E-state index >= 15 is 0 Å². The summed E-state index contributed by atoms with van der Waals surface area (Å²) in [5.41, 5.74) is 0. The SMILES string of the molecule is CC/C=C/C=C/C=C/C=C/C=C/CCCCCC(=O)OC(COC(=O)CCCCC/C=C/C=C/C=C/C=C/CC)COC(=O)CCCCCCCCCCCCCCCCCCCC. The highest BCUT2D eigenvalue weighted by Crippen LogP contribution is 2.15. The van der Waals surface area contributed by atoms with Gasteiger partial charge < -0.3 is 14.2 Å². The van der Waals surface area contributed by atoms with Crippen LogP contribution in [0.1, 0.15) is 220 Å². The van der Waals surface area contributed by atoms with Crippen LogP contribution < -0.4 is 0 Å². The molecule has 0 aliphatic heterocycles. The molecule has 0 aliphatic rings. The van der Waals surface area contributed by atoms with Crippen molar-refractivity contribution in [2.75, 3.05) is 13.2 Å². The molecule has 0 N–H and O–H groups in total. The van der Waals surface area contributed by atoms with Gasteiger partial charge in [0.05, 0.1) is 0 Å². The Morgan fingerprint density at radius 3 is 0.953 bits per heavy atom. The lowest BCUT2D eigenvalue weighted by Crippen LogP contribution is -2.30. The molecule has 64 heavy (non-hydrogen) atoms. The van der Waals surface area contributed by atoms with E-state index in [1.807, 2.05) is 85.1 Å². The Labute approximate surface area is 393 Å². The number of rotatable bonds is 45. The van der Waals surface area contributed by atoms with Gasteiger partial charge in [-0.25, -0.2) is 0 Å². The summed E-state index contributed by atoms with van der Waals surface area (Å²) in [7, 11) is 0. The van der Waals surface area contributed by atoms with Crippen LogP contribution in [0.15, 0.2) is 109 Å². The van der Waals surface area contributed by atoms with Crippen LogP contribution >= 0.6 is 0 Å². The van der Waals surface area contributed by atoms with E-state index in [9.17, 15) is 14.4 Å². The predicted molar refractivity (Wildman–Crippen MR) is 274 cm³/mol. The first-order valence-corrected chi connectivity index (χ1v) is 26.0. The Kier molecular flexibility index (Phi) is 48.5. The van der Waals surface area contributed by atoms with E-state index in [4.69, 9.17) is 14.2 Å². The number of hydrogen-bond acceptors (Lipinski definition) is 6. The second kappa shape index (κ2) is 51.7. The van der Waals surface area contributed by atoms with Crippen molar-refractivity contribution in [3.05, 3.63) is 109 Å². The lowest BCUT2D eigenvalue weighted by Gasteiger charge is -2.18. The maximum Gasteiger partial charge on any atom is 0.306 e. The van der Waals surface area contributed by atoms with Gasteiger partial charge in [-0.2, -0.15) is 0 Å². The average Bonchev–Trinajstić information content (AvgIpc) is 3.29. The molecule has 0 radical (unpaired) electrons. The molecule has 0 rings (SSSR count). The summed E-state index contributed by atoms with van der Waals surface area (Å²) < 4.78 is 16.7. The maximum absolute atomic E-state index is 12.8. The van der Waals surface area contributed by atoms with Crippen LogP contribution in [0.2, 0.25) is 0 Å². The third-order valence-corrected chi connectivity index (χ3v) is 10.7. The molecule has 0 amide bonds. The summed E-state index contributed by atoms with van der Waals surface area (Å²) in [6.07, 6.45) is 69.3. The number of esters is 3. The van der Waals surface area contributed by atoms with E-state index in [1.165, 1.54) is 96.3 Å². The van der Waals surface area contributed by atoms with Crippen LogP contribution in [-0.4, -0.2) is 37.2 Å². The molecule has 1 atom stereocenters. The lowest BCUT2D eigenvalue weighted by molar-refractivity contribution is -0.167. The van der Waals surface area contributed by atoms with Crippen LogP contribution in [0.4, 0.5) is 0 Å². The number of hydrogen-bond donors (Lipinski definition) is 0. The molecule has 0 aromatic rings. The first kappa shape index (κ1) is 60.1. The van der Waals surface area contributed by atoms with Crippen LogP contribution in [0.5, 0.6) is 0 Å². The molecule has 0 bridgehead atoms. The highest BCUT2D eigenvalue weighted by molar-refractivity contribution is 5.71. The van der Waals surface area contributed by atoms with Gasteiger partial charge in [0.25, 0.3) is 0 Å². The molecule has 1 unspecified atom stereocenters. The van der Waals surface area contributed by atoms with Crippen molar-refractivity contribution in [1.82, 2.24) is 0 Å². The van der Waals surface area contributed by atoms with Gasteiger partial charge in [0.1, 0.15) is 13.2 Å². The van der Waals surface area contributed by atoms with Crippen molar-refractivity contribution in [1.29, 1.82) is 0 Å². The Balaban J connectivity index is 4.48. The molecule has 6 heteroatoms. The summed E-state index contributed by atoms with van der Waals surface area (Å²) in [6.45, 7) is 6.28. The monoisotopic (exact) mass is 887 g/mol. The van der Waals surface area contributed by atoms with Gasteiger partial charge in [-0.3, -0.25) is 14.4 Å². The summed E-state index contributed by atoms with van der Waals surface area (Å²) in [5.74, 6) is -0.994. The second-order valence-corrected chi connectivity index (χ2v) is 16.9. The number of carbonyl (C=O) groups is 3. The Morgan fingerprint density at radius 2 is 0.609 bits per heavy atom. The largest absolute Gasteiger partial charge is 0.462 e. The van der Waals surface area contributed by atoms with Gasteiger partial charge in [0, 0.05) is 19.3 Å². The molecule has 6 nitrogen and oxygen atoms in total. The van der Waals surface area contributed by atoms with Crippen LogP contribution in [-0.2, 0) is 28.6 Å². The zero-order valence-electron chi connectivity index (χ0n) is 41.3. The topological polar surface area (TPSA) is 78.9 Å². The van der Waals surface area contributed by atoms with Gasteiger partial charge in [-0.15, -0.1) is 0 Å². The fourth-order valence-electron chi connectivity index (χ4n) is 6.89. The molecule has 0 aromatic heterocycles. The minimum Gasteiger partial charge on any atom is -0.462 e. The molecule has 0 spiro atoms. The van der Waals surface area contributed by atoms with Crippen LogP contribution in [0.3, 0.4) is 0 Å². The van der Waals surface area contributed by atoms with E-state index in [1.54, 1.807) is 0 Å². The van der Waals surface area contributed by atoms with Crippen molar-refractivity contribution < 1.29 is 28.6 Å². The molecular weight excluding hydrogens is 793 g/mol. The third-order valence-electron chi connectivity index (χ3n) is 10.7. The number of allylic oxidation sites excluding steroid dienone is 18. The maximum atomic E-state index is 12.8. The minimum absolute atomic E-state index is 0.109. The van der Waals surface area contributed by atoms with Crippen LogP contribution in [0, 0.1) is 0 Å². The zero-order valence-corrected chi connectivity index (χ0v) is 41.3.